The number of halogens is 3. The van der Waals surface area contributed by atoms with Gasteiger partial charge in [0.05, 0.1) is 6.04 Å². The van der Waals surface area contributed by atoms with Gasteiger partial charge in [0.1, 0.15) is 0 Å². The Hall–Kier alpha value is -1.42. The summed E-state index contributed by atoms with van der Waals surface area (Å²) < 4.78 is 37.9. The molecule has 0 saturated carbocycles. The molecule has 10 heteroatoms. The van der Waals surface area contributed by atoms with Crippen molar-refractivity contribution in [1.29, 1.82) is 0 Å². The average molecular weight is 377 g/mol. The minimum atomic E-state index is -4.46. The lowest BCUT2D eigenvalue weighted by molar-refractivity contribution is -0.138. The van der Waals surface area contributed by atoms with Crippen LogP contribution < -0.4 is 4.90 Å². The number of piperazine rings is 1. The molecule has 1 aromatic heterocycles. The minimum Gasteiger partial charge on any atom is -0.343 e. The SMILES string of the molecule is CN1CCCCC[C@H]1C(=O)N1CCN(c2nnc(C(F)(F)F)s2)CC1. The third-order valence-corrected chi connectivity index (χ3v) is 5.85. The van der Waals surface area contributed by atoms with Gasteiger partial charge in [-0.15, -0.1) is 10.2 Å². The van der Waals surface area contributed by atoms with Crippen molar-refractivity contribution in [1.82, 2.24) is 20.0 Å². The number of anilines is 1. The van der Waals surface area contributed by atoms with E-state index >= 15 is 0 Å². The topological polar surface area (TPSA) is 52.6 Å². The molecule has 2 saturated heterocycles. The fourth-order valence-electron chi connectivity index (χ4n) is 3.35. The second-order valence-corrected chi connectivity index (χ2v) is 7.50. The summed E-state index contributed by atoms with van der Waals surface area (Å²) in [5, 5.41) is 6.22. The van der Waals surface area contributed by atoms with E-state index in [1.807, 2.05) is 11.9 Å². The molecule has 1 amide bonds. The zero-order valence-electron chi connectivity index (χ0n) is 14.1. The summed E-state index contributed by atoms with van der Waals surface area (Å²) in [6.07, 6.45) is -0.252. The summed E-state index contributed by atoms with van der Waals surface area (Å²) in [4.78, 5) is 18.5. The summed E-state index contributed by atoms with van der Waals surface area (Å²) in [5.41, 5.74) is 0. The smallest absolute Gasteiger partial charge is 0.343 e. The fraction of sp³-hybridized carbons (Fsp3) is 0.800. The molecule has 0 bridgehead atoms. The molecule has 25 heavy (non-hydrogen) atoms. The van der Waals surface area contributed by atoms with Crippen LogP contribution in [0.3, 0.4) is 0 Å². The van der Waals surface area contributed by atoms with E-state index in [4.69, 9.17) is 0 Å². The van der Waals surface area contributed by atoms with Gasteiger partial charge in [0.2, 0.25) is 16.0 Å². The lowest BCUT2D eigenvalue weighted by Crippen LogP contribution is -2.54. The average Bonchev–Trinajstić information content (AvgIpc) is 2.99. The second kappa shape index (κ2) is 7.45. The monoisotopic (exact) mass is 377 g/mol. The number of alkyl halides is 3. The molecule has 1 aromatic rings. The first-order chi connectivity index (χ1) is 11.9. The van der Waals surface area contributed by atoms with Crippen molar-refractivity contribution in [3.8, 4) is 0 Å². The zero-order chi connectivity index (χ0) is 18.0. The molecule has 2 aliphatic heterocycles. The maximum Gasteiger partial charge on any atom is 0.445 e. The number of aromatic nitrogens is 2. The van der Waals surface area contributed by atoms with Crippen LogP contribution in [0.1, 0.15) is 30.7 Å². The third kappa shape index (κ3) is 4.22. The highest BCUT2D eigenvalue weighted by atomic mass is 32.1. The van der Waals surface area contributed by atoms with Gasteiger partial charge in [0.15, 0.2) is 0 Å². The van der Waals surface area contributed by atoms with Gasteiger partial charge in [0.25, 0.3) is 0 Å². The van der Waals surface area contributed by atoms with E-state index < -0.39 is 11.2 Å². The summed E-state index contributed by atoms with van der Waals surface area (Å²) in [5.74, 6) is 0.136. The van der Waals surface area contributed by atoms with Gasteiger partial charge in [-0.1, -0.05) is 24.2 Å². The van der Waals surface area contributed by atoms with E-state index in [9.17, 15) is 18.0 Å². The highest BCUT2D eigenvalue weighted by molar-refractivity contribution is 7.15. The number of carbonyl (C=O) groups is 1. The standard InChI is InChI=1S/C15H22F3N5OS/c1-21-6-4-2-3-5-11(21)12(24)22-7-9-23(10-8-22)14-20-19-13(25-14)15(16,17)18/h11H,2-10H2,1H3/t11-/m0/s1. The third-order valence-electron chi connectivity index (χ3n) is 4.82. The van der Waals surface area contributed by atoms with E-state index in [1.165, 1.54) is 0 Å². The summed E-state index contributed by atoms with van der Waals surface area (Å²) in [7, 11) is 1.99. The van der Waals surface area contributed by atoms with E-state index in [2.05, 4.69) is 15.1 Å². The largest absolute Gasteiger partial charge is 0.445 e. The lowest BCUT2D eigenvalue weighted by Gasteiger charge is -2.37. The Morgan fingerprint density at radius 2 is 1.80 bits per heavy atom. The Bertz CT molecular complexity index is 600. The molecule has 0 aliphatic carbocycles. The van der Waals surface area contributed by atoms with Gasteiger partial charge < -0.3 is 9.80 Å². The maximum atomic E-state index is 12.8. The molecule has 0 N–H and O–H groups in total. The van der Waals surface area contributed by atoms with Crippen LogP contribution in [-0.2, 0) is 11.0 Å². The number of hydrogen-bond donors (Lipinski definition) is 0. The lowest BCUT2D eigenvalue weighted by atomic mass is 10.1. The Balaban J connectivity index is 1.58. The number of hydrogen-bond acceptors (Lipinski definition) is 6. The summed E-state index contributed by atoms with van der Waals surface area (Å²) >= 11 is 0.554. The molecule has 140 valence electrons. The van der Waals surface area contributed by atoms with Gasteiger partial charge in [-0.05, 0) is 26.4 Å². The van der Waals surface area contributed by atoms with Crippen LogP contribution in [0.15, 0.2) is 0 Å². The number of carbonyl (C=O) groups excluding carboxylic acids is 1. The first-order valence-corrected chi connectivity index (χ1v) is 9.32. The van der Waals surface area contributed by atoms with Gasteiger partial charge in [-0.2, -0.15) is 13.2 Å². The molecule has 2 fully saturated rings. The van der Waals surface area contributed by atoms with Gasteiger partial charge in [0, 0.05) is 26.2 Å². The summed E-state index contributed by atoms with van der Waals surface area (Å²) in [6.45, 7) is 2.90. The maximum absolute atomic E-state index is 12.8. The van der Waals surface area contributed by atoms with E-state index in [1.54, 1.807) is 4.90 Å². The van der Waals surface area contributed by atoms with E-state index in [0.717, 1.165) is 32.2 Å². The second-order valence-electron chi connectivity index (χ2n) is 6.55. The summed E-state index contributed by atoms with van der Waals surface area (Å²) in [6, 6.07) is -0.0765. The van der Waals surface area contributed by atoms with Crippen molar-refractivity contribution in [3.63, 3.8) is 0 Å². The number of likely N-dealkylation sites (N-methyl/N-ethyl adjacent to an activating group) is 1. The van der Waals surface area contributed by atoms with Crippen molar-refractivity contribution in [3.05, 3.63) is 5.01 Å². The Morgan fingerprint density at radius 1 is 1.08 bits per heavy atom. The molecule has 1 atom stereocenters. The quantitative estimate of drug-likeness (QED) is 0.790. The first kappa shape index (κ1) is 18.4. The van der Waals surface area contributed by atoms with Crippen LogP contribution in [0.4, 0.5) is 18.3 Å². The number of nitrogens with zero attached hydrogens (tertiary/aromatic N) is 5. The normalized spacial score (nSPS) is 23.6. The molecule has 0 aromatic carbocycles. The van der Waals surface area contributed by atoms with Crippen molar-refractivity contribution >= 4 is 22.4 Å². The zero-order valence-corrected chi connectivity index (χ0v) is 14.9. The fourth-order valence-corrected chi connectivity index (χ4v) is 4.11. The highest BCUT2D eigenvalue weighted by Crippen LogP contribution is 2.34. The molecular formula is C15H22F3N5OS. The molecule has 6 nitrogen and oxygen atoms in total. The predicted octanol–water partition coefficient (Wildman–Crippen LogP) is 2.08. The van der Waals surface area contributed by atoms with Crippen molar-refractivity contribution in [2.75, 3.05) is 44.7 Å². The van der Waals surface area contributed by atoms with E-state index in [-0.39, 0.29) is 17.1 Å². The number of likely N-dealkylation sites (tertiary alicyclic amines) is 1. The van der Waals surface area contributed by atoms with Crippen molar-refractivity contribution < 1.29 is 18.0 Å². The van der Waals surface area contributed by atoms with Crippen LogP contribution >= 0.6 is 11.3 Å². The molecule has 0 spiro atoms. The van der Waals surface area contributed by atoms with Crippen LogP contribution in [0.2, 0.25) is 0 Å². The van der Waals surface area contributed by atoms with E-state index in [0.29, 0.717) is 37.5 Å². The van der Waals surface area contributed by atoms with Gasteiger partial charge in [-0.3, -0.25) is 9.69 Å². The number of rotatable bonds is 2. The van der Waals surface area contributed by atoms with Crippen molar-refractivity contribution in [2.24, 2.45) is 0 Å². The van der Waals surface area contributed by atoms with Crippen LogP contribution in [0.25, 0.3) is 0 Å². The Morgan fingerprint density at radius 3 is 2.44 bits per heavy atom. The molecule has 0 radical (unpaired) electrons. The van der Waals surface area contributed by atoms with Gasteiger partial charge in [-0.25, -0.2) is 0 Å². The molecule has 3 heterocycles. The number of amides is 1. The van der Waals surface area contributed by atoms with Gasteiger partial charge >= 0.3 is 6.18 Å². The Labute approximate surface area is 148 Å². The highest BCUT2D eigenvalue weighted by Gasteiger charge is 2.37. The Kier molecular flexibility index (Phi) is 5.47. The molecular weight excluding hydrogens is 355 g/mol. The predicted molar refractivity (Wildman–Crippen MR) is 88.6 cm³/mol. The first-order valence-electron chi connectivity index (χ1n) is 8.51. The van der Waals surface area contributed by atoms with Crippen molar-refractivity contribution in [2.45, 2.75) is 37.9 Å². The van der Waals surface area contributed by atoms with Crippen LogP contribution in [0, 0.1) is 0 Å². The molecule has 3 rings (SSSR count). The molecule has 0 unspecified atom stereocenters. The molecule has 2 aliphatic rings. The minimum absolute atomic E-state index is 0.0765. The van der Waals surface area contributed by atoms with Crippen LogP contribution in [-0.4, -0.2) is 71.7 Å². The van der Waals surface area contributed by atoms with Crippen LogP contribution in [0.5, 0.6) is 0 Å².